The first-order valence-electron chi connectivity index (χ1n) is 0.698. The maximum absolute atomic E-state index is 8.74. The molecule has 0 unspecified atom stereocenters. The summed E-state index contributed by atoms with van der Waals surface area (Å²) in [5.41, 5.74) is 0. The summed E-state index contributed by atoms with van der Waals surface area (Å²) in [5, 5.41) is 0. The van der Waals surface area contributed by atoms with E-state index in [4.69, 9.17) is 17.5 Å². The Morgan fingerprint density at radius 1 is 1.12 bits per heavy atom. The van der Waals surface area contributed by atoms with Gasteiger partial charge in [-0.2, -0.15) is 8.42 Å². The minimum atomic E-state index is -4.67. The van der Waals surface area contributed by atoms with Gasteiger partial charge in [-0.05, 0) is 0 Å². The maximum atomic E-state index is 8.74. The molecule has 0 aromatic carbocycles. The Hall–Kier alpha value is 2.02. The van der Waals surface area contributed by atoms with Crippen molar-refractivity contribution >= 4 is 59.3 Å². The Morgan fingerprint density at radius 2 is 1.12 bits per heavy atom. The van der Waals surface area contributed by atoms with Crippen molar-refractivity contribution in [2.75, 3.05) is 0 Å². The van der Waals surface area contributed by atoms with Gasteiger partial charge in [0.1, 0.15) is 0 Å². The Kier molecular flexibility index (Phi) is 25.4. The van der Waals surface area contributed by atoms with Gasteiger partial charge in [0, 0.05) is 0 Å². The van der Waals surface area contributed by atoms with Crippen LogP contribution in [0.1, 0.15) is 0 Å². The topological polar surface area (TPSA) is 103 Å². The molecule has 0 aromatic rings. The largest absolute Gasteiger partial charge is 2.00 e. The number of hydrogen-bond acceptors (Lipinski definition) is 2. The fourth-order valence-electron chi connectivity index (χ4n) is 0. The van der Waals surface area contributed by atoms with E-state index in [0.29, 0.717) is 0 Å². The van der Waals surface area contributed by atoms with E-state index < -0.39 is 10.4 Å². The van der Waals surface area contributed by atoms with Gasteiger partial charge < -0.3 is 5.48 Å². The molecular weight excluding hydrogens is 315 g/mol. The predicted octanol–water partition coefficient (Wildman–Crippen LogP) is -1.15. The Morgan fingerprint density at radius 3 is 1.12 bits per heavy atom. The molecule has 0 aliphatic heterocycles. The molecule has 0 saturated heterocycles. The summed E-state index contributed by atoms with van der Waals surface area (Å²) in [5.74, 6) is 0. The average molecular weight is 317 g/mol. The minimum absolute atomic E-state index is 0. The molecule has 0 aliphatic rings. The fourth-order valence-corrected chi connectivity index (χ4v) is 0. The van der Waals surface area contributed by atoms with Gasteiger partial charge in [0.15, 0.2) is 0 Å². The third-order valence-corrected chi connectivity index (χ3v) is 0. The number of hydrogen-bond donors (Lipinski definition) is 2. The first kappa shape index (κ1) is 22.5. The summed E-state index contributed by atoms with van der Waals surface area (Å²) in [6, 6.07) is 0. The van der Waals surface area contributed by atoms with Crippen molar-refractivity contribution in [2.24, 2.45) is 0 Å². The van der Waals surface area contributed by atoms with Gasteiger partial charge in [0.2, 0.25) is 0 Å². The smallest absolute Gasteiger partial charge is 2.00 e. The molecule has 0 saturated carbocycles. The van der Waals surface area contributed by atoms with Crippen molar-refractivity contribution in [3.63, 3.8) is 0 Å². The van der Waals surface area contributed by atoms with Gasteiger partial charge >= 0.3 is 78.8 Å². The molecule has 0 radical (unpaired) electrons. The van der Waals surface area contributed by atoms with Gasteiger partial charge in [-0.3, -0.25) is 9.11 Å². The maximum Gasteiger partial charge on any atom is 2.00 e. The van der Waals surface area contributed by atoms with Gasteiger partial charge in [0.05, 0.1) is 0 Å². The second kappa shape index (κ2) is 9.02. The van der Waals surface area contributed by atoms with E-state index in [1.807, 2.05) is 0 Å². The summed E-state index contributed by atoms with van der Waals surface area (Å²) < 4.78 is 31.6. The molecular formula is H2BaO5SZn+2. The standard InChI is InChI=1S/Ba.H2O4S.O.Zn/c;1-5(2,3)4;;/h;(H2,1,2,3,4);;/q+2;;-2;+2. The molecule has 0 aromatic heterocycles. The van der Waals surface area contributed by atoms with Gasteiger partial charge in [0.25, 0.3) is 0 Å². The molecule has 2 N–H and O–H groups in total. The third kappa shape index (κ3) is 96.6. The van der Waals surface area contributed by atoms with E-state index in [0.717, 1.165) is 0 Å². The van der Waals surface area contributed by atoms with Crippen molar-refractivity contribution < 1.29 is 42.5 Å². The predicted molar refractivity (Wildman–Crippen MR) is 20.6 cm³/mol. The van der Waals surface area contributed by atoms with Crippen molar-refractivity contribution in [1.82, 2.24) is 0 Å². The normalized spacial score (nSPS) is 7.25. The molecule has 0 fully saturated rings. The van der Waals surface area contributed by atoms with Crippen LogP contribution in [-0.4, -0.2) is 66.4 Å². The molecule has 0 rings (SSSR count). The minimum Gasteiger partial charge on any atom is -2.00 e. The molecule has 8 heteroatoms. The Bertz CT molecular complexity index is 95.6. The van der Waals surface area contributed by atoms with E-state index in [1.165, 1.54) is 0 Å². The van der Waals surface area contributed by atoms with E-state index in [1.54, 1.807) is 0 Å². The van der Waals surface area contributed by atoms with E-state index in [2.05, 4.69) is 0 Å². The zero-order valence-corrected chi connectivity index (χ0v) is 12.2. The van der Waals surface area contributed by atoms with Crippen LogP contribution in [0.4, 0.5) is 0 Å². The van der Waals surface area contributed by atoms with Crippen molar-refractivity contribution in [2.45, 2.75) is 0 Å². The quantitative estimate of drug-likeness (QED) is 0.435. The fraction of sp³-hybridized carbons (Fsp3) is 0. The van der Waals surface area contributed by atoms with Crippen LogP contribution in [-0.2, 0) is 35.4 Å². The zero-order valence-electron chi connectivity index (χ0n) is 3.94. The monoisotopic (exact) mass is 316 g/mol. The Labute approximate surface area is 99.9 Å². The first-order chi connectivity index (χ1) is 2.00. The van der Waals surface area contributed by atoms with Crippen LogP contribution in [0.15, 0.2) is 0 Å². The van der Waals surface area contributed by atoms with Crippen LogP contribution < -0.4 is 0 Å². The van der Waals surface area contributed by atoms with E-state index in [-0.39, 0.29) is 73.8 Å². The molecule has 0 amide bonds. The molecule has 0 aliphatic carbocycles. The molecule has 8 heavy (non-hydrogen) atoms. The van der Waals surface area contributed by atoms with E-state index in [9.17, 15) is 0 Å². The summed E-state index contributed by atoms with van der Waals surface area (Å²) in [6.45, 7) is 0. The molecule has 0 atom stereocenters. The van der Waals surface area contributed by atoms with Crippen molar-refractivity contribution in [1.29, 1.82) is 0 Å². The van der Waals surface area contributed by atoms with Crippen LogP contribution >= 0.6 is 0 Å². The van der Waals surface area contributed by atoms with Crippen LogP contribution in [0, 0.1) is 0 Å². The summed E-state index contributed by atoms with van der Waals surface area (Å²) in [7, 11) is -4.67. The average Bonchev–Trinajstić information content (AvgIpc) is 0.722. The third-order valence-electron chi connectivity index (χ3n) is 0. The van der Waals surface area contributed by atoms with E-state index >= 15 is 0 Å². The van der Waals surface area contributed by atoms with Gasteiger partial charge in [-0.15, -0.1) is 0 Å². The molecule has 0 heterocycles. The molecule has 40 valence electrons. The Balaban J connectivity index is -0.0000000267. The summed E-state index contributed by atoms with van der Waals surface area (Å²) >= 11 is 0. The van der Waals surface area contributed by atoms with Crippen LogP contribution in [0.25, 0.3) is 0 Å². The first-order valence-corrected chi connectivity index (χ1v) is 2.10. The zero-order chi connectivity index (χ0) is 4.50. The molecule has 0 spiro atoms. The number of rotatable bonds is 0. The summed E-state index contributed by atoms with van der Waals surface area (Å²) in [6.07, 6.45) is 0. The second-order valence-corrected chi connectivity index (χ2v) is 1.34. The second-order valence-electron chi connectivity index (χ2n) is 0.448. The summed E-state index contributed by atoms with van der Waals surface area (Å²) in [4.78, 5) is 0. The van der Waals surface area contributed by atoms with Crippen LogP contribution in [0.5, 0.6) is 0 Å². The van der Waals surface area contributed by atoms with Gasteiger partial charge in [-0.1, -0.05) is 0 Å². The molecule has 5 nitrogen and oxygen atoms in total. The van der Waals surface area contributed by atoms with Crippen LogP contribution in [0.3, 0.4) is 0 Å². The SMILES string of the molecule is O=S(=O)(O)O.[Ba+2].[O-2].[Zn+2]. The van der Waals surface area contributed by atoms with Crippen LogP contribution in [0.2, 0.25) is 0 Å². The molecule has 0 bridgehead atoms. The van der Waals surface area contributed by atoms with Crippen molar-refractivity contribution in [3.8, 4) is 0 Å². The van der Waals surface area contributed by atoms with Gasteiger partial charge in [-0.25, -0.2) is 0 Å². The van der Waals surface area contributed by atoms with Crippen molar-refractivity contribution in [3.05, 3.63) is 0 Å².